The van der Waals surface area contributed by atoms with Crippen LogP contribution >= 0.6 is 0 Å². The Morgan fingerprint density at radius 3 is 3.00 bits per heavy atom. The van der Waals surface area contributed by atoms with E-state index in [1.807, 2.05) is 11.7 Å². The molecule has 0 N–H and O–H groups in total. The van der Waals surface area contributed by atoms with Gasteiger partial charge in [-0.15, -0.1) is 0 Å². The van der Waals surface area contributed by atoms with Crippen LogP contribution in [-0.2, 0) is 22.5 Å². The largest absolute Gasteiger partial charge is 0.381 e. The van der Waals surface area contributed by atoms with Gasteiger partial charge in [-0.2, -0.15) is 5.10 Å². The summed E-state index contributed by atoms with van der Waals surface area (Å²) in [5.74, 6) is 1.81. The van der Waals surface area contributed by atoms with Gasteiger partial charge in [0.25, 0.3) is 0 Å². The lowest BCUT2D eigenvalue weighted by Gasteiger charge is -2.20. The first-order chi connectivity index (χ1) is 9.24. The van der Waals surface area contributed by atoms with Crippen molar-refractivity contribution in [3.05, 3.63) is 11.8 Å². The summed E-state index contributed by atoms with van der Waals surface area (Å²) in [4.78, 5) is 13.6. The molecule has 5 heteroatoms. The number of amides is 1. The van der Waals surface area contributed by atoms with E-state index in [1.54, 1.807) is 4.90 Å². The van der Waals surface area contributed by atoms with Crippen molar-refractivity contribution in [1.82, 2.24) is 9.78 Å². The maximum atomic E-state index is 11.8. The van der Waals surface area contributed by atoms with Gasteiger partial charge in [0.2, 0.25) is 5.91 Å². The lowest BCUT2D eigenvalue weighted by Crippen LogP contribution is -2.25. The molecule has 1 aromatic heterocycles. The molecule has 2 aliphatic heterocycles. The van der Waals surface area contributed by atoms with Crippen LogP contribution in [-0.4, -0.2) is 35.9 Å². The van der Waals surface area contributed by atoms with Crippen molar-refractivity contribution in [2.45, 2.75) is 38.6 Å². The third-order valence-electron chi connectivity index (χ3n) is 4.13. The van der Waals surface area contributed by atoms with Crippen LogP contribution in [0.15, 0.2) is 6.07 Å². The number of fused-ring (bicyclic) bond motifs is 1. The number of aryl methyl sites for hydroxylation is 1. The molecule has 1 aromatic rings. The van der Waals surface area contributed by atoms with E-state index in [0.29, 0.717) is 12.3 Å². The van der Waals surface area contributed by atoms with Gasteiger partial charge in [0.05, 0.1) is 5.69 Å². The molecule has 1 amide bonds. The lowest BCUT2D eigenvalue weighted by molar-refractivity contribution is -0.118. The summed E-state index contributed by atoms with van der Waals surface area (Å²) in [7, 11) is 1.85. The highest BCUT2D eigenvalue weighted by atomic mass is 16.5. The lowest BCUT2D eigenvalue weighted by atomic mass is 9.95. The second kappa shape index (κ2) is 5.33. The molecule has 0 aromatic carbocycles. The Balaban J connectivity index is 1.75. The average molecular weight is 263 g/mol. The first-order valence-corrected chi connectivity index (χ1v) is 7.15. The third-order valence-corrected chi connectivity index (χ3v) is 4.13. The zero-order chi connectivity index (χ0) is 13.2. The molecular weight excluding hydrogens is 242 g/mol. The molecule has 0 spiro atoms. The fraction of sp³-hybridized carbons (Fsp3) is 0.714. The van der Waals surface area contributed by atoms with E-state index in [2.05, 4.69) is 11.2 Å². The molecule has 19 heavy (non-hydrogen) atoms. The van der Waals surface area contributed by atoms with E-state index >= 15 is 0 Å². The van der Waals surface area contributed by atoms with Crippen molar-refractivity contribution in [2.24, 2.45) is 5.92 Å². The van der Waals surface area contributed by atoms with E-state index in [0.717, 1.165) is 57.0 Å². The number of carbonyl (C=O) groups excluding carboxylic acids is 1. The molecule has 0 saturated carbocycles. The zero-order valence-corrected chi connectivity index (χ0v) is 11.5. The van der Waals surface area contributed by atoms with E-state index < -0.39 is 0 Å². The monoisotopic (exact) mass is 263 g/mol. The minimum absolute atomic E-state index is 0.191. The Kier molecular flexibility index (Phi) is 3.55. The molecule has 104 valence electrons. The number of anilines is 1. The standard InChI is InChI=1S/C14H21N3O2/c1-16-13-10-12(9-11-4-7-19-8-5-11)15-17(13)6-2-3-14(16)18/h10-11H,2-9H2,1H3. The van der Waals surface area contributed by atoms with Gasteiger partial charge in [0.15, 0.2) is 0 Å². The van der Waals surface area contributed by atoms with Gasteiger partial charge in [-0.3, -0.25) is 4.79 Å². The van der Waals surface area contributed by atoms with Crippen molar-refractivity contribution < 1.29 is 9.53 Å². The predicted octanol–water partition coefficient (Wildman–Crippen LogP) is 1.61. The topological polar surface area (TPSA) is 47.4 Å². The van der Waals surface area contributed by atoms with Crippen LogP contribution < -0.4 is 4.90 Å². The molecule has 0 unspecified atom stereocenters. The Hall–Kier alpha value is -1.36. The van der Waals surface area contributed by atoms with E-state index in [4.69, 9.17) is 4.74 Å². The number of rotatable bonds is 2. The van der Waals surface area contributed by atoms with Gasteiger partial charge in [-0.05, 0) is 31.6 Å². The van der Waals surface area contributed by atoms with Crippen LogP contribution in [0.5, 0.6) is 0 Å². The van der Waals surface area contributed by atoms with Crippen LogP contribution in [0.2, 0.25) is 0 Å². The van der Waals surface area contributed by atoms with Gasteiger partial charge in [0.1, 0.15) is 5.82 Å². The van der Waals surface area contributed by atoms with Crippen LogP contribution in [0.25, 0.3) is 0 Å². The highest BCUT2D eigenvalue weighted by Crippen LogP contribution is 2.24. The van der Waals surface area contributed by atoms with Crippen molar-refractivity contribution in [3.63, 3.8) is 0 Å². The summed E-state index contributed by atoms with van der Waals surface area (Å²) < 4.78 is 7.37. The van der Waals surface area contributed by atoms with Crippen LogP contribution in [0.1, 0.15) is 31.4 Å². The molecule has 1 fully saturated rings. The fourth-order valence-corrected chi connectivity index (χ4v) is 2.91. The number of carbonyl (C=O) groups is 1. The maximum absolute atomic E-state index is 11.8. The van der Waals surface area contributed by atoms with Crippen LogP contribution in [0.4, 0.5) is 5.82 Å². The summed E-state index contributed by atoms with van der Waals surface area (Å²) in [5.41, 5.74) is 1.11. The maximum Gasteiger partial charge on any atom is 0.227 e. The summed E-state index contributed by atoms with van der Waals surface area (Å²) in [6, 6.07) is 2.08. The Morgan fingerprint density at radius 2 is 2.21 bits per heavy atom. The summed E-state index contributed by atoms with van der Waals surface area (Å²) in [6.07, 6.45) is 4.75. The average Bonchev–Trinajstić information content (AvgIpc) is 2.76. The van der Waals surface area contributed by atoms with Crippen LogP contribution in [0.3, 0.4) is 0 Å². The quantitative estimate of drug-likeness (QED) is 0.814. The third kappa shape index (κ3) is 2.66. The second-order valence-corrected chi connectivity index (χ2v) is 5.53. The molecule has 2 aliphatic rings. The molecule has 1 saturated heterocycles. The van der Waals surface area contributed by atoms with Gasteiger partial charge in [0, 0.05) is 39.3 Å². The first kappa shape index (κ1) is 12.7. The van der Waals surface area contributed by atoms with Crippen molar-refractivity contribution >= 4 is 11.7 Å². The van der Waals surface area contributed by atoms with Gasteiger partial charge in [-0.1, -0.05) is 0 Å². The summed E-state index contributed by atoms with van der Waals surface area (Å²) in [6.45, 7) is 2.59. The number of ether oxygens (including phenoxy) is 1. The molecule has 0 bridgehead atoms. The number of hydrogen-bond donors (Lipinski definition) is 0. The van der Waals surface area contributed by atoms with Crippen molar-refractivity contribution in [3.8, 4) is 0 Å². The van der Waals surface area contributed by atoms with Gasteiger partial charge in [-0.25, -0.2) is 4.68 Å². The minimum Gasteiger partial charge on any atom is -0.381 e. The summed E-state index contributed by atoms with van der Waals surface area (Å²) in [5, 5.41) is 4.67. The van der Waals surface area contributed by atoms with Crippen molar-refractivity contribution in [1.29, 1.82) is 0 Å². The second-order valence-electron chi connectivity index (χ2n) is 5.53. The number of hydrogen-bond acceptors (Lipinski definition) is 3. The smallest absolute Gasteiger partial charge is 0.227 e. The normalized spacial score (nSPS) is 21.3. The molecule has 3 rings (SSSR count). The Morgan fingerprint density at radius 1 is 1.42 bits per heavy atom. The number of aromatic nitrogens is 2. The predicted molar refractivity (Wildman–Crippen MR) is 72.1 cm³/mol. The summed E-state index contributed by atoms with van der Waals surface area (Å²) >= 11 is 0. The minimum atomic E-state index is 0.191. The van der Waals surface area contributed by atoms with E-state index in [1.165, 1.54) is 0 Å². The highest BCUT2D eigenvalue weighted by molar-refractivity contribution is 5.92. The first-order valence-electron chi connectivity index (χ1n) is 7.15. The molecule has 5 nitrogen and oxygen atoms in total. The van der Waals surface area contributed by atoms with E-state index in [-0.39, 0.29) is 5.91 Å². The van der Waals surface area contributed by atoms with E-state index in [9.17, 15) is 4.79 Å². The molecule has 0 radical (unpaired) electrons. The van der Waals surface area contributed by atoms with Crippen LogP contribution in [0, 0.1) is 5.92 Å². The highest BCUT2D eigenvalue weighted by Gasteiger charge is 2.22. The molecular formula is C14H21N3O2. The molecule has 3 heterocycles. The number of nitrogens with zero attached hydrogens (tertiary/aromatic N) is 3. The zero-order valence-electron chi connectivity index (χ0n) is 11.5. The molecule has 0 atom stereocenters. The fourth-order valence-electron chi connectivity index (χ4n) is 2.91. The SMILES string of the molecule is CN1C(=O)CCCn2nc(CC3CCOCC3)cc21. The Labute approximate surface area is 113 Å². The van der Waals surface area contributed by atoms with Gasteiger partial charge >= 0.3 is 0 Å². The Bertz CT molecular complexity index is 463. The van der Waals surface area contributed by atoms with Crippen molar-refractivity contribution in [2.75, 3.05) is 25.2 Å². The van der Waals surface area contributed by atoms with Gasteiger partial charge < -0.3 is 9.64 Å². The molecule has 0 aliphatic carbocycles.